The molecule has 0 saturated heterocycles. The summed E-state index contributed by atoms with van der Waals surface area (Å²) in [5.74, 6) is 0.112. The monoisotopic (exact) mass is 366 g/mol. The van der Waals surface area contributed by atoms with Gasteiger partial charge in [-0.2, -0.15) is 0 Å². The molecule has 3 rings (SSSR count). The smallest absolute Gasteiger partial charge is 0.193 e. The molecule has 3 heteroatoms. The van der Waals surface area contributed by atoms with Crippen LogP contribution in [0.5, 0.6) is 0 Å². The Hall–Kier alpha value is -2.28. The van der Waals surface area contributed by atoms with E-state index in [4.69, 9.17) is 0 Å². The molecule has 0 saturated carbocycles. The molecule has 136 valence electrons. The highest BCUT2D eigenvalue weighted by Gasteiger charge is 2.14. The highest BCUT2D eigenvalue weighted by molar-refractivity contribution is 7.46. The minimum atomic E-state index is 0. The summed E-state index contributed by atoms with van der Waals surface area (Å²) in [6.45, 7) is 8.23. The summed E-state index contributed by atoms with van der Waals surface area (Å²) >= 11 is 0. The molecule has 2 N–H and O–H groups in total. The molecule has 2 nitrogen and oxygen atoms in total. The van der Waals surface area contributed by atoms with Crippen LogP contribution in [0.3, 0.4) is 0 Å². The van der Waals surface area contributed by atoms with Crippen LogP contribution in [0.15, 0.2) is 72.8 Å². The van der Waals surface area contributed by atoms with Crippen molar-refractivity contribution in [2.75, 3.05) is 6.66 Å². The first-order valence-corrected chi connectivity index (χ1v) is 9.93. The first-order chi connectivity index (χ1) is 12.0. The van der Waals surface area contributed by atoms with E-state index < -0.39 is 0 Å². The highest BCUT2D eigenvalue weighted by atomic mass is 31.1. The molecule has 0 aliphatic carbocycles. The van der Waals surface area contributed by atoms with Gasteiger partial charge < -0.3 is 5.48 Å². The van der Waals surface area contributed by atoms with Crippen molar-refractivity contribution in [2.24, 2.45) is 0 Å². The zero-order valence-corrected chi connectivity index (χ0v) is 16.8. The lowest BCUT2D eigenvalue weighted by molar-refractivity contribution is 0.103. The molecular weight excluding hydrogens is 339 g/mol. The van der Waals surface area contributed by atoms with Crippen LogP contribution in [0, 0.1) is 20.8 Å². The molecule has 0 bridgehead atoms. The van der Waals surface area contributed by atoms with Crippen LogP contribution < -0.4 is 5.30 Å². The Labute approximate surface area is 158 Å². The van der Waals surface area contributed by atoms with Crippen molar-refractivity contribution in [2.45, 2.75) is 20.8 Å². The zero-order chi connectivity index (χ0) is 18.2. The Morgan fingerprint density at radius 1 is 0.769 bits per heavy atom. The SMILES string of the molecule is CPc1ccccc1.Cc1cc(C)c(C(=O)c2ccccc2)c(C)c1.O. The molecule has 3 aromatic carbocycles. The Balaban J connectivity index is 0.000000318. The lowest BCUT2D eigenvalue weighted by Crippen LogP contribution is -2.06. The second-order valence-electron chi connectivity index (χ2n) is 6.08. The summed E-state index contributed by atoms with van der Waals surface area (Å²) in [6.07, 6.45) is 0. The fourth-order valence-corrected chi connectivity index (χ4v) is 3.40. The summed E-state index contributed by atoms with van der Waals surface area (Å²) < 4.78 is 0. The van der Waals surface area contributed by atoms with Crippen molar-refractivity contribution < 1.29 is 10.3 Å². The van der Waals surface area contributed by atoms with Gasteiger partial charge in [0.2, 0.25) is 0 Å². The maximum absolute atomic E-state index is 12.4. The van der Waals surface area contributed by atoms with Crippen molar-refractivity contribution in [3.05, 3.63) is 101 Å². The van der Waals surface area contributed by atoms with E-state index in [0.29, 0.717) is 0 Å². The van der Waals surface area contributed by atoms with Crippen molar-refractivity contribution in [3.63, 3.8) is 0 Å². The largest absolute Gasteiger partial charge is 0.412 e. The zero-order valence-electron chi connectivity index (χ0n) is 15.8. The van der Waals surface area contributed by atoms with Gasteiger partial charge in [-0.3, -0.25) is 4.79 Å². The third-order valence-electron chi connectivity index (χ3n) is 4.00. The number of hydrogen-bond donors (Lipinski definition) is 0. The lowest BCUT2D eigenvalue weighted by Gasteiger charge is -2.10. The number of hydrogen-bond acceptors (Lipinski definition) is 1. The predicted octanol–water partition coefficient (Wildman–Crippen LogP) is 4.64. The average Bonchev–Trinajstić information content (AvgIpc) is 2.63. The molecule has 0 fully saturated rings. The van der Waals surface area contributed by atoms with E-state index in [0.717, 1.165) is 30.8 Å². The van der Waals surface area contributed by atoms with Crippen LogP contribution in [0.25, 0.3) is 0 Å². The summed E-state index contributed by atoms with van der Waals surface area (Å²) in [5, 5.41) is 1.44. The summed E-state index contributed by atoms with van der Waals surface area (Å²) in [5.41, 5.74) is 4.89. The predicted molar refractivity (Wildman–Crippen MR) is 114 cm³/mol. The van der Waals surface area contributed by atoms with Gasteiger partial charge in [0, 0.05) is 11.1 Å². The first-order valence-electron chi connectivity index (χ1n) is 8.43. The molecule has 1 unspecified atom stereocenters. The van der Waals surface area contributed by atoms with Gasteiger partial charge in [0.25, 0.3) is 0 Å². The number of carbonyl (C=O) groups is 1. The highest BCUT2D eigenvalue weighted by Crippen LogP contribution is 2.20. The van der Waals surface area contributed by atoms with Crippen molar-refractivity contribution >= 4 is 19.7 Å². The van der Waals surface area contributed by atoms with E-state index in [1.165, 1.54) is 10.9 Å². The third-order valence-corrected chi connectivity index (χ3v) is 4.91. The fourth-order valence-electron chi connectivity index (χ4n) is 2.88. The normalized spacial score (nSPS) is 10.0. The van der Waals surface area contributed by atoms with Gasteiger partial charge >= 0.3 is 0 Å². The Bertz CT molecular complexity index is 804. The molecular formula is C23H27O2P. The molecule has 0 radical (unpaired) electrons. The molecule has 0 aliphatic heterocycles. The van der Waals surface area contributed by atoms with Crippen LogP contribution in [-0.2, 0) is 0 Å². The lowest BCUT2D eigenvalue weighted by atomic mass is 9.93. The van der Waals surface area contributed by atoms with E-state index >= 15 is 0 Å². The number of ketones is 1. The van der Waals surface area contributed by atoms with Gasteiger partial charge in [-0.05, 0) is 43.9 Å². The third kappa shape index (κ3) is 5.91. The molecule has 1 atom stereocenters. The molecule has 3 aromatic rings. The van der Waals surface area contributed by atoms with Gasteiger partial charge in [-0.25, -0.2) is 0 Å². The van der Waals surface area contributed by atoms with Gasteiger partial charge in [0.1, 0.15) is 0 Å². The van der Waals surface area contributed by atoms with E-state index in [1.807, 2.05) is 50.2 Å². The Kier molecular flexibility index (Phi) is 8.92. The van der Waals surface area contributed by atoms with Crippen LogP contribution in [0.4, 0.5) is 0 Å². The van der Waals surface area contributed by atoms with Gasteiger partial charge in [0.05, 0.1) is 0 Å². The number of aryl methyl sites for hydroxylation is 3. The van der Waals surface area contributed by atoms with E-state index in [1.54, 1.807) is 0 Å². The quantitative estimate of drug-likeness (QED) is 0.492. The molecule has 0 heterocycles. The maximum atomic E-state index is 12.4. The minimum absolute atomic E-state index is 0. The molecule has 0 amide bonds. The first kappa shape index (κ1) is 21.8. The van der Waals surface area contributed by atoms with Crippen LogP contribution >= 0.6 is 8.58 Å². The topological polar surface area (TPSA) is 48.6 Å². The van der Waals surface area contributed by atoms with Gasteiger partial charge in [0.15, 0.2) is 5.78 Å². The summed E-state index contributed by atoms with van der Waals surface area (Å²) in [4.78, 5) is 12.4. The van der Waals surface area contributed by atoms with Crippen LogP contribution in [0.2, 0.25) is 0 Å². The van der Waals surface area contributed by atoms with Crippen LogP contribution in [0.1, 0.15) is 32.6 Å². The molecule has 0 aromatic heterocycles. The number of carbonyl (C=O) groups excluding carboxylic acids is 1. The Morgan fingerprint density at radius 2 is 1.23 bits per heavy atom. The van der Waals surface area contributed by atoms with Crippen molar-refractivity contribution in [1.82, 2.24) is 0 Å². The Morgan fingerprint density at radius 3 is 1.65 bits per heavy atom. The maximum Gasteiger partial charge on any atom is 0.193 e. The van der Waals surface area contributed by atoms with Crippen LogP contribution in [-0.4, -0.2) is 17.9 Å². The standard InChI is InChI=1S/C16H16O.C7H9P.H2O/c1-11-9-12(2)15(13(3)10-11)16(17)14-7-5-4-6-8-14;1-8-7-5-3-2-4-6-7;/h4-10H,1-3H3;2-6,8H,1H3;1H2. The fraction of sp³-hybridized carbons (Fsp3) is 0.174. The van der Waals surface area contributed by atoms with Crippen molar-refractivity contribution in [3.8, 4) is 0 Å². The van der Waals surface area contributed by atoms with E-state index in [9.17, 15) is 4.79 Å². The van der Waals surface area contributed by atoms with E-state index in [2.05, 4.69) is 50.0 Å². The average molecular weight is 366 g/mol. The van der Waals surface area contributed by atoms with Gasteiger partial charge in [-0.1, -0.05) is 86.9 Å². The second kappa shape index (κ2) is 10.7. The number of rotatable bonds is 3. The summed E-state index contributed by atoms with van der Waals surface area (Å²) in [7, 11) is 0.930. The second-order valence-corrected chi connectivity index (χ2v) is 7.16. The van der Waals surface area contributed by atoms with Gasteiger partial charge in [-0.15, -0.1) is 0 Å². The number of benzene rings is 3. The minimum Gasteiger partial charge on any atom is -0.412 e. The summed E-state index contributed by atoms with van der Waals surface area (Å²) in [6, 6.07) is 24.1. The molecule has 26 heavy (non-hydrogen) atoms. The van der Waals surface area contributed by atoms with Crippen molar-refractivity contribution in [1.29, 1.82) is 0 Å². The molecule has 0 spiro atoms. The molecule has 0 aliphatic rings. The van der Waals surface area contributed by atoms with E-state index in [-0.39, 0.29) is 11.3 Å².